The van der Waals surface area contributed by atoms with Crippen LogP contribution in [0.4, 0.5) is 0 Å². The molecule has 0 heterocycles. The Bertz CT molecular complexity index is 363. The maximum absolute atomic E-state index is 12.0. The number of nitrogens with one attached hydrogen (secondary N) is 1. The maximum atomic E-state index is 12.0. The van der Waals surface area contributed by atoms with E-state index < -0.39 is 25.3 Å². The summed E-state index contributed by atoms with van der Waals surface area (Å²) in [7, 11) is -4.36. The topological polar surface area (TPSA) is 113 Å². The van der Waals surface area contributed by atoms with Crippen molar-refractivity contribution < 1.29 is 19.1 Å². The van der Waals surface area contributed by atoms with Crippen LogP contribution >= 0.6 is 7.60 Å². The second-order valence-corrected chi connectivity index (χ2v) is 7.91. The van der Waals surface area contributed by atoms with Gasteiger partial charge in [-0.15, -0.1) is 0 Å². The Morgan fingerprint density at radius 3 is 2.30 bits per heavy atom. The van der Waals surface area contributed by atoms with E-state index in [2.05, 4.69) is 5.32 Å². The third-order valence-electron chi connectivity index (χ3n) is 3.81. The Morgan fingerprint density at radius 2 is 1.85 bits per heavy atom. The summed E-state index contributed by atoms with van der Waals surface area (Å²) in [6.07, 6.45) is 4.99. The highest BCUT2D eigenvalue weighted by atomic mass is 31.2. The number of nitrogens with two attached hydrogens (primary N) is 1. The predicted octanol–water partition coefficient (Wildman–Crippen LogP) is 1.56. The molecule has 1 fully saturated rings. The molecule has 1 amide bonds. The molecule has 1 aliphatic carbocycles. The minimum Gasteiger partial charge on any atom is -0.340 e. The first kappa shape index (κ1) is 17.6. The molecule has 0 bridgehead atoms. The van der Waals surface area contributed by atoms with Crippen LogP contribution in [0.3, 0.4) is 0 Å². The van der Waals surface area contributed by atoms with E-state index in [1.165, 1.54) is 0 Å². The van der Waals surface area contributed by atoms with Gasteiger partial charge in [-0.05, 0) is 31.1 Å². The Hall–Kier alpha value is -0.420. The van der Waals surface area contributed by atoms with Crippen molar-refractivity contribution >= 4 is 13.5 Å². The number of hydrogen-bond donors (Lipinski definition) is 4. The number of hydrogen-bond acceptors (Lipinski definition) is 3. The lowest BCUT2D eigenvalue weighted by molar-refractivity contribution is -0.123. The SMILES string of the molecule is CC(C)CC(N)C(=O)NC(C1CCCCC1)P(=O)(O)O. The fourth-order valence-corrected chi connectivity index (χ4v) is 3.94. The van der Waals surface area contributed by atoms with Crippen molar-refractivity contribution in [1.82, 2.24) is 5.32 Å². The van der Waals surface area contributed by atoms with Gasteiger partial charge in [-0.2, -0.15) is 0 Å². The lowest BCUT2D eigenvalue weighted by Crippen LogP contribution is -2.48. The van der Waals surface area contributed by atoms with Gasteiger partial charge in [-0.25, -0.2) is 0 Å². The van der Waals surface area contributed by atoms with Crippen molar-refractivity contribution in [1.29, 1.82) is 0 Å². The van der Waals surface area contributed by atoms with Gasteiger partial charge in [-0.1, -0.05) is 33.1 Å². The van der Waals surface area contributed by atoms with E-state index in [0.29, 0.717) is 6.42 Å². The van der Waals surface area contributed by atoms with Gasteiger partial charge in [0.1, 0.15) is 5.78 Å². The first-order valence-electron chi connectivity index (χ1n) is 7.33. The van der Waals surface area contributed by atoms with Crippen LogP contribution < -0.4 is 11.1 Å². The van der Waals surface area contributed by atoms with E-state index in [1.807, 2.05) is 13.8 Å². The molecule has 0 radical (unpaired) electrons. The van der Waals surface area contributed by atoms with Gasteiger partial charge in [0.2, 0.25) is 5.91 Å². The number of rotatable bonds is 6. The van der Waals surface area contributed by atoms with Crippen LogP contribution in [0, 0.1) is 11.8 Å². The van der Waals surface area contributed by atoms with Crippen LogP contribution in [0.5, 0.6) is 0 Å². The first-order chi connectivity index (χ1) is 9.21. The molecule has 0 spiro atoms. The molecule has 2 unspecified atom stereocenters. The molecular weight excluding hydrogens is 279 g/mol. The lowest BCUT2D eigenvalue weighted by atomic mass is 9.89. The van der Waals surface area contributed by atoms with Crippen molar-refractivity contribution in [3.05, 3.63) is 0 Å². The van der Waals surface area contributed by atoms with Gasteiger partial charge in [-0.3, -0.25) is 9.36 Å². The smallest absolute Gasteiger partial charge is 0.340 e. The van der Waals surface area contributed by atoms with E-state index in [-0.39, 0.29) is 11.8 Å². The van der Waals surface area contributed by atoms with Gasteiger partial charge in [0.25, 0.3) is 0 Å². The summed E-state index contributed by atoms with van der Waals surface area (Å²) in [5, 5.41) is 2.50. The van der Waals surface area contributed by atoms with Crippen LogP contribution in [0.25, 0.3) is 0 Å². The molecule has 1 rings (SSSR count). The zero-order chi connectivity index (χ0) is 15.3. The van der Waals surface area contributed by atoms with Gasteiger partial charge < -0.3 is 20.8 Å². The molecule has 6 nitrogen and oxygen atoms in total. The zero-order valence-corrected chi connectivity index (χ0v) is 13.2. The minimum absolute atomic E-state index is 0.153. The van der Waals surface area contributed by atoms with Crippen LogP contribution in [-0.2, 0) is 9.36 Å². The molecule has 118 valence electrons. The Kier molecular flexibility index (Phi) is 6.65. The summed E-state index contributed by atoms with van der Waals surface area (Å²) < 4.78 is 11.6. The van der Waals surface area contributed by atoms with Crippen LogP contribution in [0.15, 0.2) is 0 Å². The normalized spacial score (nSPS) is 20.7. The van der Waals surface area contributed by atoms with Crippen LogP contribution in [0.1, 0.15) is 52.4 Å². The Labute approximate surface area is 120 Å². The zero-order valence-electron chi connectivity index (χ0n) is 12.3. The van der Waals surface area contributed by atoms with E-state index in [1.54, 1.807) is 0 Å². The highest BCUT2D eigenvalue weighted by Gasteiger charge is 2.38. The largest absolute Gasteiger partial charge is 0.347 e. The minimum atomic E-state index is -4.36. The van der Waals surface area contributed by atoms with Crippen molar-refractivity contribution in [2.24, 2.45) is 17.6 Å². The average molecular weight is 306 g/mol. The second-order valence-electron chi connectivity index (χ2n) is 6.18. The molecule has 5 N–H and O–H groups in total. The van der Waals surface area contributed by atoms with E-state index >= 15 is 0 Å². The fraction of sp³-hybridized carbons (Fsp3) is 0.923. The Balaban J connectivity index is 2.70. The van der Waals surface area contributed by atoms with Crippen molar-refractivity contribution in [3.8, 4) is 0 Å². The summed E-state index contributed by atoms with van der Waals surface area (Å²) in [5.74, 6) is -1.44. The summed E-state index contributed by atoms with van der Waals surface area (Å²) >= 11 is 0. The average Bonchev–Trinajstić information content (AvgIpc) is 2.34. The van der Waals surface area contributed by atoms with Crippen molar-refractivity contribution in [2.45, 2.75) is 64.2 Å². The molecule has 0 aromatic carbocycles. The third kappa shape index (κ3) is 5.52. The summed E-state index contributed by atoms with van der Waals surface area (Å²) in [5.41, 5.74) is 5.77. The molecule has 2 atom stereocenters. The number of carbonyl (C=O) groups excluding carboxylic acids is 1. The summed E-state index contributed by atoms with van der Waals surface area (Å²) in [6.45, 7) is 3.91. The second kappa shape index (κ2) is 7.55. The highest BCUT2D eigenvalue weighted by Crippen LogP contribution is 2.47. The quantitative estimate of drug-likeness (QED) is 0.556. The van der Waals surface area contributed by atoms with Crippen LogP contribution in [0.2, 0.25) is 0 Å². The molecule has 0 aromatic rings. The standard InChI is InChI=1S/C13H27N2O4P/c1-9(2)8-11(14)12(16)15-13(20(17,18)19)10-6-4-3-5-7-10/h9-11,13H,3-8,14H2,1-2H3,(H,15,16)(H2,17,18,19). The lowest BCUT2D eigenvalue weighted by Gasteiger charge is -2.32. The molecule has 0 aromatic heterocycles. The predicted molar refractivity (Wildman–Crippen MR) is 78.0 cm³/mol. The van der Waals surface area contributed by atoms with Gasteiger partial charge >= 0.3 is 7.60 Å². The molecule has 1 saturated carbocycles. The molecule has 7 heteroatoms. The van der Waals surface area contributed by atoms with Gasteiger partial charge in [0.05, 0.1) is 6.04 Å². The summed E-state index contributed by atoms with van der Waals surface area (Å²) in [6, 6.07) is -0.715. The van der Waals surface area contributed by atoms with Crippen molar-refractivity contribution in [2.75, 3.05) is 0 Å². The van der Waals surface area contributed by atoms with E-state index in [0.717, 1.165) is 32.1 Å². The monoisotopic (exact) mass is 306 g/mol. The molecule has 0 saturated heterocycles. The summed E-state index contributed by atoms with van der Waals surface area (Å²) in [4.78, 5) is 31.0. The number of amides is 1. The third-order valence-corrected chi connectivity index (χ3v) is 5.09. The molecular formula is C13H27N2O4P. The molecule has 0 aliphatic heterocycles. The highest BCUT2D eigenvalue weighted by molar-refractivity contribution is 7.52. The maximum Gasteiger partial charge on any atom is 0.347 e. The molecule has 20 heavy (non-hydrogen) atoms. The first-order valence-corrected chi connectivity index (χ1v) is 9.01. The van der Waals surface area contributed by atoms with E-state index in [9.17, 15) is 19.1 Å². The van der Waals surface area contributed by atoms with Crippen molar-refractivity contribution in [3.63, 3.8) is 0 Å². The van der Waals surface area contributed by atoms with Gasteiger partial charge in [0, 0.05) is 0 Å². The number of carbonyl (C=O) groups is 1. The van der Waals surface area contributed by atoms with Gasteiger partial charge in [0.15, 0.2) is 0 Å². The van der Waals surface area contributed by atoms with E-state index in [4.69, 9.17) is 5.73 Å². The molecule has 1 aliphatic rings. The van der Waals surface area contributed by atoms with Crippen LogP contribution in [-0.4, -0.2) is 27.5 Å². The Morgan fingerprint density at radius 1 is 1.30 bits per heavy atom. The fourth-order valence-electron chi connectivity index (χ4n) is 2.79.